The number of halogens is 2. The minimum absolute atomic E-state index is 0.0532. The van der Waals surface area contributed by atoms with Crippen molar-refractivity contribution in [3.63, 3.8) is 0 Å². The Morgan fingerprint density at radius 1 is 1.24 bits per heavy atom. The topological polar surface area (TPSA) is 40.5 Å². The molecule has 0 aromatic heterocycles. The first-order valence-electron chi connectivity index (χ1n) is 6.42. The Hall–Kier alpha value is -2.07. The van der Waals surface area contributed by atoms with Crippen LogP contribution in [0.1, 0.15) is 28.9 Å². The van der Waals surface area contributed by atoms with Gasteiger partial charge in [0.25, 0.3) is 0 Å². The highest BCUT2D eigenvalue weighted by Gasteiger charge is 2.23. The van der Waals surface area contributed by atoms with Crippen molar-refractivity contribution in [3.8, 4) is 0 Å². The summed E-state index contributed by atoms with van der Waals surface area (Å²) in [6.07, 6.45) is 0. The van der Waals surface area contributed by atoms with Crippen molar-refractivity contribution in [2.75, 3.05) is 11.9 Å². The highest BCUT2D eigenvalue weighted by Crippen LogP contribution is 2.33. The molecule has 0 aliphatic heterocycles. The molecule has 0 radical (unpaired) electrons. The predicted molar refractivity (Wildman–Crippen MR) is 81.6 cm³/mol. The molecule has 2 rings (SSSR count). The fourth-order valence-electron chi connectivity index (χ4n) is 2.26. The molecular formula is C16H15ClFNO2. The summed E-state index contributed by atoms with van der Waals surface area (Å²) in [6, 6.07) is 11.0. The second kappa shape index (κ2) is 6.14. The zero-order chi connectivity index (χ0) is 15.6. The molecule has 0 saturated heterocycles. The van der Waals surface area contributed by atoms with Gasteiger partial charge in [-0.25, -0.2) is 9.18 Å². The predicted octanol–water partition coefficient (Wildman–Crippen LogP) is 4.37. The van der Waals surface area contributed by atoms with E-state index in [9.17, 15) is 14.3 Å². The summed E-state index contributed by atoms with van der Waals surface area (Å²) in [5.41, 5.74) is 0.787. The van der Waals surface area contributed by atoms with Crippen LogP contribution in [0, 0.1) is 5.82 Å². The van der Waals surface area contributed by atoms with Gasteiger partial charge in [-0.3, -0.25) is 0 Å². The summed E-state index contributed by atoms with van der Waals surface area (Å²) in [7, 11) is 1.65. The van der Waals surface area contributed by atoms with E-state index in [1.807, 2.05) is 25.1 Å². The van der Waals surface area contributed by atoms with Crippen molar-refractivity contribution >= 4 is 23.3 Å². The molecule has 110 valence electrons. The van der Waals surface area contributed by atoms with E-state index in [-0.39, 0.29) is 17.3 Å². The number of anilines is 1. The third kappa shape index (κ3) is 3.00. The van der Waals surface area contributed by atoms with Gasteiger partial charge in [0.2, 0.25) is 0 Å². The van der Waals surface area contributed by atoms with Gasteiger partial charge in [0.15, 0.2) is 0 Å². The summed E-state index contributed by atoms with van der Waals surface area (Å²) in [6.45, 7) is 1.85. The number of para-hydroxylation sites is 1. The summed E-state index contributed by atoms with van der Waals surface area (Å²) in [4.78, 5) is 12.9. The van der Waals surface area contributed by atoms with Crippen molar-refractivity contribution in [2.45, 2.75) is 13.0 Å². The minimum Gasteiger partial charge on any atom is -0.478 e. The Kier molecular flexibility index (Phi) is 4.48. The maximum atomic E-state index is 14.1. The molecule has 0 heterocycles. The fourth-order valence-corrected chi connectivity index (χ4v) is 2.56. The zero-order valence-electron chi connectivity index (χ0n) is 11.7. The molecule has 0 fully saturated rings. The van der Waals surface area contributed by atoms with Crippen LogP contribution in [0.15, 0.2) is 42.5 Å². The van der Waals surface area contributed by atoms with E-state index in [1.54, 1.807) is 18.0 Å². The number of aromatic carboxylic acids is 1. The van der Waals surface area contributed by atoms with Gasteiger partial charge in [-0.2, -0.15) is 0 Å². The molecule has 5 heteroatoms. The van der Waals surface area contributed by atoms with Gasteiger partial charge in [-0.1, -0.05) is 35.9 Å². The first kappa shape index (κ1) is 15.3. The largest absolute Gasteiger partial charge is 0.478 e. The van der Waals surface area contributed by atoms with E-state index in [0.717, 1.165) is 5.56 Å². The number of carbonyl (C=O) groups is 1. The normalized spacial score (nSPS) is 12.0. The lowest BCUT2D eigenvalue weighted by atomic mass is 10.0. The lowest BCUT2D eigenvalue weighted by molar-refractivity contribution is 0.0697. The molecular weight excluding hydrogens is 293 g/mol. The first-order chi connectivity index (χ1) is 9.93. The van der Waals surface area contributed by atoms with E-state index in [2.05, 4.69) is 0 Å². The van der Waals surface area contributed by atoms with Crippen LogP contribution in [0.3, 0.4) is 0 Å². The maximum Gasteiger partial charge on any atom is 0.337 e. The van der Waals surface area contributed by atoms with Crippen LogP contribution in [0.5, 0.6) is 0 Å². The molecule has 2 aromatic rings. The van der Waals surface area contributed by atoms with Crippen molar-refractivity contribution < 1.29 is 14.3 Å². The molecule has 0 saturated carbocycles. The standard InChI is InChI=1S/C16H15ClFNO2/c1-10(11-6-3-4-8-13(11)17)19(2)15-12(16(20)21)7-5-9-14(15)18/h3-10H,1-2H3,(H,20,21). The van der Waals surface area contributed by atoms with Crippen molar-refractivity contribution in [3.05, 3.63) is 64.4 Å². The summed E-state index contributed by atoms with van der Waals surface area (Å²) < 4.78 is 14.1. The molecule has 1 unspecified atom stereocenters. The van der Waals surface area contributed by atoms with Crippen LogP contribution in [0.25, 0.3) is 0 Å². The third-order valence-electron chi connectivity index (χ3n) is 3.51. The lowest BCUT2D eigenvalue weighted by Gasteiger charge is -2.29. The number of nitrogens with zero attached hydrogens (tertiary/aromatic N) is 1. The quantitative estimate of drug-likeness (QED) is 0.911. The molecule has 1 N–H and O–H groups in total. The monoisotopic (exact) mass is 307 g/mol. The molecule has 0 aliphatic rings. The Bertz CT molecular complexity index is 675. The Labute approximate surface area is 127 Å². The second-order valence-electron chi connectivity index (χ2n) is 4.75. The minimum atomic E-state index is -1.16. The van der Waals surface area contributed by atoms with Crippen molar-refractivity contribution in [1.29, 1.82) is 0 Å². The van der Waals surface area contributed by atoms with Crippen molar-refractivity contribution in [2.24, 2.45) is 0 Å². The molecule has 3 nitrogen and oxygen atoms in total. The van der Waals surface area contributed by atoms with E-state index in [4.69, 9.17) is 11.6 Å². The molecule has 0 bridgehead atoms. The van der Waals surface area contributed by atoms with Crippen molar-refractivity contribution in [1.82, 2.24) is 0 Å². The summed E-state index contributed by atoms with van der Waals surface area (Å²) in [5.74, 6) is -1.74. The SMILES string of the molecule is CC(c1ccccc1Cl)N(C)c1c(F)cccc1C(=O)O. The van der Waals surface area contributed by atoms with Gasteiger partial charge in [0, 0.05) is 12.1 Å². The second-order valence-corrected chi connectivity index (χ2v) is 5.16. The molecule has 21 heavy (non-hydrogen) atoms. The van der Waals surface area contributed by atoms with Gasteiger partial charge in [-0.05, 0) is 30.7 Å². The highest BCUT2D eigenvalue weighted by atomic mass is 35.5. The Morgan fingerprint density at radius 2 is 1.90 bits per heavy atom. The number of rotatable bonds is 4. The average molecular weight is 308 g/mol. The van der Waals surface area contributed by atoms with E-state index < -0.39 is 11.8 Å². The Morgan fingerprint density at radius 3 is 2.52 bits per heavy atom. The van der Waals surface area contributed by atoms with Crippen LogP contribution >= 0.6 is 11.6 Å². The number of hydrogen-bond acceptors (Lipinski definition) is 2. The van der Waals surface area contributed by atoms with Gasteiger partial charge >= 0.3 is 5.97 Å². The molecule has 1 atom stereocenters. The lowest BCUT2D eigenvalue weighted by Crippen LogP contribution is -2.25. The maximum absolute atomic E-state index is 14.1. The number of benzene rings is 2. The van der Waals surface area contributed by atoms with Gasteiger partial charge < -0.3 is 10.0 Å². The van der Waals surface area contributed by atoms with Gasteiger partial charge in [0.05, 0.1) is 17.3 Å². The van der Waals surface area contributed by atoms with Gasteiger partial charge in [-0.15, -0.1) is 0 Å². The first-order valence-corrected chi connectivity index (χ1v) is 6.80. The molecule has 2 aromatic carbocycles. The fraction of sp³-hybridized carbons (Fsp3) is 0.188. The molecule has 0 spiro atoms. The molecule has 0 amide bonds. The smallest absolute Gasteiger partial charge is 0.337 e. The van der Waals surface area contributed by atoms with Crippen LogP contribution < -0.4 is 4.90 Å². The van der Waals surface area contributed by atoms with Crippen LogP contribution in [0.2, 0.25) is 5.02 Å². The number of hydrogen-bond donors (Lipinski definition) is 1. The van der Waals surface area contributed by atoms with E-state index in [0.29, 0.717) is 5.02 Å². The zero-order valence-corrected chi connectivity index (χ0v) is 12.4. The van der Waals surface area contributed by atoms with E-state index in [1.165, 1.54) is 18.2 Å². The Balaban J connectivity index is 2.48. The van der Waals surface area contributed by atoms with Crippen LogP contribution in [0.4, 0.5) is 10.1 Å². The van der Waals surface area contributed by atoms with Crippen LogP contribution in [-0.2, 0) is 0 Å². The highest BCUT2D eigenvalue weighted by molar-refractivity contribution is 6.31. The number of carboxylic acids is 1. The van der Waals surface area contributed by atoms with Gasteiger partial charge in [0.1, 0.15) is 5.82 Å². The average Bonchev–Trinajstić information content (AvgIpc) is 2.46. The van der Waals surface area contributed by atoms with E-state index >= 15 is 0 Å². The third-order valence-corrected chi connectivity index (χ3v) is 3.85. The summed E-state index contributed by atoms with van der Waals surface area (Å²) >= 11 is 6.16. The molecule has 0 aliphatic carbocycles. The summed E-state index contributed by atoms with van der Waals surface area (Å²) in [5, 5.41) is 9.79. The van der Waals surface area contributed by atoms with Crippen LogP contribution in [-0.4, -0.2) is 18.1 Å². The number of carboxylic acid groups (broad SMARTS) is 1.